The molecule has 0 heterocycles. The van der Waals surface area contributed by atoms with Crippen LogP contribution in [0.2, 0.25) is 0 Å². The number of allylic oxidation sites excluding steroid dienone is 4. The van der Waals surface area contributed by atoms with Crippen LogP contribution >= 0.6 is 0 Å². The van der Waals surface area contributed by atoms with Gasteiger partial charge in [-0.1, -0.05) is 51.8 Å². The highest BCUT2D eigenvalue weighted by atomic mass is 16.4. The van der Waals surface area contributed by atoms with E-state index in [1.807, 2.05) is 6.92 Å². The summed E-state index contributed by atoms with van der Waals surface area (Å²) in [6, 6.07) is 0. The van der Waals surface area contributed by atoms with Crippen molar-refractivity contribution >= 4 is 5.97 Å². The molecule has 0 aliphatic heterocycles. The number of fused-ring (bicyclic) bond motifs is 3. The van der Waals surface area contributed by atoms with Crippen LogP contribution in [-0.2, 0) is 4.79 Å². The summed E-state index contributed by atoms with van der Waals surface area (Å²) < 4.78 is 0. The Morgan fingerprint density at radius 3 is 2.61 bits per heavy atom. The predicted octanol–water partition coefficient (Wildman–Crippen LogP) is 4.25. The molecule has 0 bridgehead atoms. The van der Waals surface area contributed by atoms with E-state index in [0.717, 1.165) is 25.7 Å². The zero-order chi connectivity index (χ0) is 16.1. The Labute approximate surface area is 140 Å². The molecule has 4 N–H and O–H groups in total. The van der Waals surface area contributed by atoms with Crippen LogP contribution in [0, 0.1) is 28.6 Å². The van der Waals surface area contributed by atoms with Gasteiger partial charge in [0.15, 0.2) is 0 Å². The van der Waals surface area contributed by atoms with Crippen molar-refractivity contribution in [3.8, 4) is 0 Å². The van der Waals surface area contributed by atoms with Gasteiger partial charge in [-0.3, -0.25) is 0 Å². The minimum atomic E-state index is -0.838. The van der Waals surface area contributed by atoms with Gasteiger partial charge in [0.1, 0.15) is 0 Å². The fourth-order valence-electron chi connectivity index (χ4n) is 5.59. The van der Waals surface area contributed by atoms with E-state index in [9.17, 15) is 9.90 Å². The molecule has 3 nitrogen and oxygen atoms in total. The summed E-state index contributed by atoms with van der Waals surface area (Å²) >= 11 is 0. The zero-order valence-electron chi connectivity index (χ0n) is 15.4. The van der Waals surface area contributed by atoms with Gasteiger partial charge in [-0.25, -0.2) is 0 Å². The second-order valence-corrected chi connectivity index (χ2v) is 8.52. The van der Waals surface area contributed by atoms with Crippen molar-refractivity contribution in [2.75, 3.05) is 0 Å². The van der Waals surface area contributed by atoms with Gasteiger partial charge >= 0.3 is 0 Å². The first-order valence-electron chi connectivity index (χ1n) is 8.91. The molecule has 0 spiro atoms. The molecule has 0 aromatic carbocycles. The lowest BCUT2D eigenvalue weighted by molar-refractivity contribution is -0.326. The van der Waals surface area contributed by atoms with E-state index < -0.39 is 11.4 Å². The summed E-state index contributed by atoms with van der Waals surface area (Å²) in [7, 11) is 0. The van der Waals surface area contributed by atoms with Crippen LogP contribution in [0.25, 0.3) is 0 Å². The van der Waals surface area contributed by atoms with Gasteiger partial charge in [-0.15, -0.1) is 0 Å². The van der Waals surface area contributed by atoms with Gasteiger partial charge in [-0.05, 0) is 60.8 Å². The molecule has 1 saturated carbocycles. The third kappa shape index (κ3) is 2.67. The lowest BCUT2D eigenvalue weighted by Crippen LogP contribution is -2.56. The van der Waals surface area contributed by atoms with E-state index in [0.29, 0.717) is 11.8 Å². The molecule has 4 atom stereocenters. The van der Waals surface area contributed by atoms with Gasteiger partial charge in [0, 0.05) is 11.4 Å². The van der Waals surface area contributed by atoms with E-state index in [-0.39, 0.29) is 17.5 Å². The molecule has 0 aromatic rings. The second kappa shape index (κ2) is 6.08. The van der Waals surface area contributed by atoms with E-state index in [1.165, 1.54) is 18.4 Å². The minimum Gasteiger partial charge on any atom is -0.550 e. The largest absolute Gasteiger partial charge is 0.550 e. The second-order valence-electron chi connectivity index (χ2n) is 8.52. The molecule has 0 amide bonds. The maximum atomic E-state index is 11.8. The van der Waals surface area contributed by atoms with Crippen LogP contribution in [-0.4, -0.2) is 5.97 Å². The number of aliphatic carboxylic acids is 1. The summed E-state index contributed by atoms with van der Waals surface area (Å²) in [4.78, 5) is 11.8. The number of carboxylic acids is 1. The van der Waals surface area contributed by atoms with Gasteiger partial charge in [0.2, 0.25) is 0 Å². The van der Waals surface area contributed by atoms with E-state index in [1.54, 1.807) is 5.57 Å². The van der Waals surface area contributed by atoms with Gasteiger partial charge in [-0.2, -0.15) is 0 Å². The Bertz CT molecular complexity index is 548. The molecule has 1 fully saturated rings. The van der Waals surface area contributed by atoms with Crippen LogP contribution in [0.5, 0.6) is 0 Å². The standard InChI is InChI=1S/C20H30O2.H3N/c1-13(2)14-6-8-16-15(12-14)7-9-17-19(16,3)10-5-11-20(17,4)18(21)22;/h7,12-13,16-17H,5-6,8-11H2,1-4H3,(H,21,22);1H3/t16-,17+,19+,20+;/m0./s1. The van der Waals surface area contributed by atoms with Crippen LogP contribution in [0.1, 0.15) is 66.2 Å². The molecular formula is C20H33NO2. The van der Waals surface area contributed by atoms with Crippen LogP contribution in [0.3, 0.4) is 0 Å². The van der Waals surface area contributed by atoms with Gasteiger partial charge < -0.3 is 16.1 Å². The van der Waals surface area contributed by atoms with E-state index in [4.69, 9.17) is 0 Å². The third-order valence-corrected chi connectivity index (χ3v) is 7.05. The molecule has 0 unspecified atom stereocenters. The zero-order valence-corrected chi connectivity index (χ0v) is 15.4. The summed E-state index contributed by atoms with van der Waals surface area (Å²) in [6.45, 7) is 8.83. The highest BCUT2D eigenvalue weighted by Crippen LogP contribution is 2.61. The maximum absolute atomic E-state index is 11.8. The van der Waals surface area contributed by atoms with Crippen molar-refractivity contribution in [1.29, 1.82) is 0 Å². The normalized spacial score (nSPS) is 39.5. The SMILES string of the molecule is CC(C)C1=CC2=CC[C@@H]3[C@](C)(CCC[C@@]3(C)C(=O)[O-])[C@H]2CC1.[NH4+]. The van der Waals surface area contributed by atoms with Crippen molar-refractivity contribution in [3.63, 3.8) is 0 Å². The highest BCUT2D eigenvalue weighted by Gasteiger charge is 2.54. The van der Waals surface area contributed by atoms with Gasteiger partial charge in [0.25, 0.3) is 0 Å². The molecule has 23 heavy (non-hydrogen) atoms. The molecule has 3 rings (SSSR count). The fraction of sp³-hybridized carbons (Fsp3) is 0.750. The first kappa shape index (κ1) is 18.3. The number of quaternary nitrogens is 1. The average Bonchev–Trinajstić information content (AvgIpc) is 2.46. The Hall–Kier alpha value is -1.09. The monoisotopic (exact) mass is 319 g/mol. The molecule has 3 heteroatoms. The van der Waals surface area contributed by atoms with Gasteiger partial charge in [0.05, 0.1) is 0 Å². The Balaban J connectivity index is 0.00000192. The molecule has 0 radical (unpaired) electrons. The molecule has 0 saturated heterocycles. The molecule has 0 aromatic heterocycles. The first-order chi connectivity index (χ1) is 10.3. The van der Waals surface area contributed by atoms with E-state index >= 15 is 0 Å². The first-order valence-corrected chi connectivity index (χ1v) is 8.91. The Kier molecular flexibility index (Phi) is 4.83. The summed E-state index contributed by atoms with van der Waals surface area (Å²) in [5, 5.41) is 11.8. The predicted molar refractivity (Wildman–Crippen MR) is 92.9 cm³/mol. The highest BCUT2D eigenvalue weighted by molar-refractivity contribution is 5.73. The van der Waals surface area contributed by atoms with Crippen LogP contribution in [0.15, 0.2) is 23.3 Å². The lowest BCUT2D eigenvalue weighted by atomic mass is 9.47. The molecule has 3 aliphatic carbocycles. The van der Waals surface area contributed by atoms with Crippen molar-refractivity contribution < 1.29 is 9.90 Å². The Morgan fingerprint density at radius 1 is 1.30 bits per heavy atom. The smallest absolute Gasteiger partial charge is 0.0476 e. The van der Waals surface area contributed by atoms with Crippen molar-refractivity contribution in [2.45, 2.75) is 66.2 Å². The average molecular weight is 319 g/mol. The number of hydrogen-bond acceptors (Lipinski definition) is 2. The topological polar surface area (TPSA) is 76.6 Å². The third-order valence-electron chi connectivity index (χ3n) is 7.05. The summed E-state index contributed by atoms with van der Waals surface area (Å²) in [5.74, 6) is 0.538. The van der Waals surface area contributed by atoms with E-state index in [2.05, 4.69) is 32.9 Å². The number of carbonyl (C=O) groups is 1. The van der Waals surface area contributed by atoms with Crippen LogP contribution in [0.4, 0.5) is 0 Å². The number of carboxylic acid groups (broad SMARTS) is 1. The van der Waals surface area contributed by atoms with Crippen molar-refractivity contribution in [2.24, 2.45) is 28.6 Å². The van der Waals surface area contributed by atoms with Crippen molar-refractivity contribution in [1.82, 2.24) is 6.15 Å². The quantitative estimate of drug-likeness (QED) is 0.826. The Morgan fingerprint density at radius 2 is 2.00 bits per heavy atom. The molecular weight excluding hydrogens is 286 g/mol. The minimum absolute atomic E-state index is 0. The summed E-state index contributed by atoms with van der Waals surface area (Å²) in [5.41, 5.74) is 2.51. The van der Waals surface area contributed by atoms with Crippen LogP contribution < -0.4 is 11.3 Å². The number of carbonyl (C=O) groups excluding carboxylic acids is 1. The maximum Gasteiger partial charge on any atom is 0.0476 e. The fourth-order valence-corrected chi connectivity index (χ4v) is 5.59. The molecule has 3 aliphatic rings. The summed E-state index contributed by atoms with van der Waals surface area (Å²) in [6.07, 6.45) is 11.0. The number of rotatable bonds is 2. The molecule has 130 valence electrons. The number of hydrogen-bond donors (Lipinski definition) is 1. The lowest BCUT2D eigenvalue weighted by Gasteiger charge is -2.58. The van der Waals surface area contributed by atoms with Crippen molar-refractivity contribution in [3.05, 3.63) is 23.3 Å².